The second-order valence-corrected chi connectivity index (χ2v) is 5.12. The summed E-state index contributed by atoms with van der Waals surface area (Å²) in [5.41, 5.74) is 0. The Bertz CT molecular complexity index is 406. The molecule has 1 aromatic rings. The highest BCUT2D eigenvalue weighted by molar-refractivity contribution is 5.39. The summed E-state index contributed by atoms with van der Waals surface area (Å²) in [6.45, 7) is 5.59. The minimum atomic E-state index is -0.628. The molecular weight excluding hydrogens is 248 g/mol. The molecule has 1 unspecified atom stereocenters. The van der Waals surface area contributed by atoms with Crippen LogP contribution in [0.4, 0.5) is 14.6 Å². The Morgan fingerprint density at radius 3 is 2.95 bits per heavy atom. The van der Waals surface area contributed by atoms with Crippen LogP contribution < -0.4 is 10.2 Å². The van der Waals surface area contributed by atoms with Gasteiger partial charge in [-0.25, -0.2) is 13.8 Å². The summed E-state index contributed by atoms with van der Waals surface area (Å²) in [5, 5.41) is 3.36. The van der Waals surface area contributed by atoms with Gasteiger partial charge in [-0.05, 0) is 38.3 Å². The highest BCUT2D eigenvalue weighted by atomic mass is 19.1. The van der Waals surface area contributed by atoms with E-state index in [1.165, 1.54) is 0 Å². The molecule has 2 rings (SSSR count). The lowest BCUT2D eigenvalue weighted by Crippen LogP contribution is -2.39. The van der Waals surface area contributed by atoms with Crippen molar-refractivity contribution >= 4 is 5.82 Å². The van der Waals surface area contributed by atoms with Gasteiger partial charge in [0.25, 0.3) is 0 Å². The molecule has 0 aliphatic carbocycles. The fourth-order valence-corrected chi connectivity index (χ4v) is 2.59. The third-order valence-electron chi connectivity index (χ3n) is 3.46. The van der Waals surface area contributed by atoms with E-state index in [0.29, 0.717) is 5.92 Å². The molecule has 0 aromatic carbocycles. The van der Waals surface area contributed by atoms with Crippen LogP contribution in [0.5, 0.6) is 0 Å². The van der Waals surface area contributed by atoms with Gasteiger partial charge in [-0.15, -0.1) is 0 Å². The fraction of sp³-hybridized carbons (Fsp3) is 0.643. The normalized spacial score (nSPS) is 19.4. The number of hydrogen-bond acceptors (Lipinski definition) is 3. The number of nitrogens with zero attached hydrogens (tertiary/aromatic N) is 2. The van der Waals surface area contributed by atoms with Gasteiger partial charge in [-0.1, -0.05) is 6.92 Å². The predicted molar refractivity (Wildman–Crippen MR) is 72.3 cm³/mol. The van der Waals surface area contributed by atoms with Gasteiger partial charge < -0.3 is 10.2 Å². The van der Waals surface area contributed by atoms with Gasteiger partial charge in [-0.2, -0.15) is 0 Å². The lowest BCUT2D eigenvalue weighted by Gasteiger charge is -2.31. The zero-order chi connectivity index (χ0) is 13.7. The van der Waals surface area contributed by atoms with Crippen molar-refractivity contribution in [3.63, 3.8) is 0 Å². The Labute approximate surface area is 113 Å². The lowest BCUT2D eigenvalue weighted by atomic mass is 9.99. The fourth-order valence-electron chi connectivity index (χ4n) is 2.59. The van der Waals surface area contributed by atoms with E-state index in [9.17, 15) is 8.78 Å². The number of halogens is 2. The first-order valence-electron chi connectivity index (χ1n) is 6.97. The Morgan fingerprint density at radius 2 is 2.32 bits per heavy atom. The molecule has 3 nitrogen and oxygen atoms in total. The molecule has 1 aliphatic rings. The van der Waals surface area contributed by atoms with Crippen LogP contribution in [0.2, 0.25) is 0 Å². The minimum absolute atomic E-state index is 0.272. The van der Waals surface area contributed by atoms with E-state index in [2.05, 4.69) is 10.3 Å². The van der Waals surface area contributed by atoms with Gasteiger partial charge in [0.05, 0.1) is 6.20 Å². The number of aromatic nitrogens is 1. The van der Waals surface area contributed by atoms with E-state index >= 15 is 0 Å². The Morgan fingerprint density at radius 1 is 1.47 bits per heavy atom. The minimum Gasteiger partial charge on any atom is -0.354 e. The number of anilines is 1. The van der Waals surface area contributed by atoms with E-state index in [-0.39, 0.29) is 5.82 Å². The molecule has 5 heteroatoms. The van der Waals surface area contributed by atoms with E-state index in [0.717, 1.165) is 57.7 Å². The topological polar surface area (TPSA) is 28.2 Å². The molecule has 106 valence electrons. The van der Waals surface area contributed by atoms with Gasteiger partial charge in [0.2, 0.25) is 0 Å². The standard InChI is InChI=1S/C14H21F2N3/c1-2-6-19(10-11-4-3-5-17-8-11)14-13(16)7-12(15)9-18-14/h7,9,11,17H,2-6,8,10H2,1H3. The molecule has 1 atom stereocenters. The maximum absolute atomic E-state index is 13.8. The number of pyridine rings is 1. The molecule has 19 heavy (non-hydrogen) atoms. The van der Waals surface area contributed by atoms with Gasteiger partial charge in [0.1, 0.15) is 5.82 Å². The largest absolute Gasteiger partial charge is 0.354 e. The van der Waals surface area contributed by atoms with Gasteiger partial charge in [0, 0.05) is 19.2 Å². The first kappa shape index (κ1) is 14.2. The molecule has 0 bridgehead atoms. The maximum Gasteiger partial charge on any atom is 0.168 e. The van der Waals surface area contributed by atoms with Crippen LogP contribution in [0.25, 0.3) is 0 Å². The molecule has 0 radical (unpaired) electrons. The van der Waals surface area contributed by atoms with Crippen LogP contribution in [0, 0.1) is 17.6 Å². The van der Waals surface area contributed by atoms with Crippen molar-refractivity contribution in [2.24, 2.45) is 5.92 Å². The van der Waals surface area contributed by atoms with Crippen molar-refractivity contribution in [2.45, 2.75) is 26.2 Å². The zero-order valence-corrected chi connectivity index (χ0v) is 11.3. The number of piperidine rings is 1. The SMILES string of the molecule is CCCN(CC1CCCNC1)c1ncc(F)cc1F. The number of hydrogen-bond donors (Lipinski definition) is 1. The quantitative estimate of drug-likeness (QED) is 0.890. The summed E-state index contributed by atoms with van der Waals surface area (Å²) < 4.78 is 26.7. The first-order valence-corrected chi connectivity index (χ1v) is 6.97. The molecule has 1 aliphatic heterocycles. The Kier molecular flexibility index (Phi) is 5.07. The molecule has 1 aromatic heterocycles. The van der Waals surface area contributed by atoms with E-state index < -0.39 is 11.6 Å². The molecule has 1 saturated heterocycles. The van der Waals surface area contributed by atoms with Crippen molar-refractivity contribution < 1.29 is 8.78 Å². The summed E-state index contributed by atoms with van der Waals surface area (Å²) >= 11 is 0. The van der Waals surface area contributed by atoms with Crippen LogP contribution in [0.15, 0.2) is 12.3 Å². The van der Waals surface area contributed by atoms with Crippen LogP contribution >= 0.6 is 0 Å². The molecular formula is C14H21F2N3. The zero-order valence-electron chi connectivity index (χ0n) is 11.3. The molecule has 0 amide bonds. The van der Waals surface area contributed by atoms with Crippen LogP contribution in [-0.4, -0.2) is 31.2 Å². The summed E-state index contributed by atoms with van der Waals surface area (Å²) in [6.07, 6.45) is 4.30. The predicted octanol–water partition coefficient (Wildman–Crippen LogP) is 2.58. The highest BCUT2D eigenvalue weighted by Gasteiger charge is 2.20. The van der Waals surface area contributed by atoms with Gasteiger partial charge in [0.15, 0.2) is 11.6 Å². The lowest BCUT2D eigenvalue weighted by molar-refractivity contribution is 0.374. The van der Waals surface area contributed by atoms with Crippen molar-refractivity contribution in [2.75, 3.05) is 31.1 Å². The van der Waals surface area contributed by atoms with Crippen molar-refractivity contribution in [1.29, 1.82) is 0 Å². The van der Waals surface area contributed by atoms with Crippen molar-refractivity contribution in [3.8, 4) is 0 Å². The number of nitrogens with one attached hydrogen (secondary N) is 1. The highest BCUT2D eigenvalue weighted by Crippen LogP contribution is 2.20. The van der Waals surface area contributed by atoms with Crippen molar-refractivity contribution in [1.82, 2.24) is 10.3 Å². The van der Waals surface area contributed by atoms with E-state index in [1.807, 2.05) is 11.8 Å². The second kappa shape index (κ2) is 6.80. The average molecular weight is 269 g/mol. The molecule has 0 saturated carbocycles. The molecule has 2 heterocycles. The molecule has 1 N–H and O–H groups in total. The third kappa shape index (κ3) is 3.86. The smallest absolute Gasteiger partial charge is 0.168 e. The van der Waals surface area contributed by atoms with Crippen LogP contribution in [-0.2, 0) is 0 Å². The first-order chi connectivity index (χ1) is 9.20. The molecule has 1 fully saturated rings. The van der Waals surface area contributed by atoms with Gasteiger partial charge >= 0.3 is 0 Å². The summed E-state index contributed by atoms with van der Waals surface area (Å²) in [6, 6.07) is 0.907. The van der Waals surface area contributed by atoms with E-state index in [4.69, 9.17) is 0 Å². The third-order valence-corrected chi connectivity index (χ3v) is 3.46. The summed E-state index contributed by atoms with van der Waals surface area (Å²) in [4.78, 5) is 5.85. The average Bonchev–Trinajstić information content (AvgIpc) is 2.39. The number of rotatable bonds is 5. The van der Waals surface area contributed by atoms with E-state index in [1.54, 1.807) is 0 Å². The van der Waals surface area contributed by atoms with Crippen LogP contribution in [0.1, 0.15) is 26.2 Å². The van der Waals surface area contributed by atoms with Gasteiger partial charge in [-0.3, -0.25) is 0 Å². The second-order valence-electron chi connectivity index (χ2n) is 5.12. The van der Waals surface area contributed by atoms with Crippen LogP contribution in [0.3, 0.4) is 0 Å². The molecule has 0 spiro atoms. The summed E-state index contributed by atoms with van der Waals surface area (Å²) in [7, 11) is 0. The maximum atomic E-state index is 13.8. The Balaban J connectivity index is 2.09. The monoisotopic (exact) mass is 269 g/mol. The summed E-state index contributed by atoms with van der Waals surface area (Å²) in [5.74, 6) is -0.422. The Hall–Kier alpha value is -1.23. The van der Waals surface area contributed by atoms with Crippen molar-refractivity contribution in [3.05, 3.63) is 23.9 Å².